The molecule has 0 fully saturated rings. The largest absolute Gasteiger partial charge is 0.331 e. The Morgan fingerprint density at radius 1 is 1.30 bits per heavy atom. The van der Waals surface area contributed by atoms with Gasteiger partial charge in [-0.2, -0.15) is 0 Å². The molecular weight excluding hydrogens is 334 g/mol. The summed E-state index contributed by atoms with van der Waals surface area (Å²) in [5.41, 5.74) is 1.76. The van der Waals surface area contributed by atoms with Gasteiger partial charge in [0, 0.05) is 21.0 Å². The van der Waals surface area contributed by atoms with Gasteiger partial charge in [-0.3, -0.25) is 4.79 Å². The molecule has 1 aromatic heterocycles. The van der Waals surface area contributed by atoms with Gasteiger partial charge < -0.3 is 4.90 Å². The quantitative estimate of drug-likeness (QED) is 0.769. The normalized spacial score (nSPS) is 10.8. The van der Waals surface area contributed by atoms with Gasteiger partial charge in [0.2, 0.25) is 0 Å². The highest BCUT2D eigenvalue weighted by Crippen LogP contribution is 2.23. The first kappa shape index (κ1) is 15.3. The number of halogens is 1. The molecule has 0 aliphatic carbocycles. The summed E-state index contributed by atoms with van der Waals surface area (Å²) < 4.78 is 0.975. The predicted octanol–water partition coefficient (Wildman–Crippen LogP) is 4.87. The van der Waals surface area contributed by atoms with Gasteiger partial charge in [0.05, 0.1) is 6.54 Å². The molecule has 2 nitrogen and oxygen atoms in total. The van der Waals surface area contributed by atoms with Crippen LogP contribution in [0.25, 0.3) is 0 Å². The molecule has 1 amide bonds. The van der Waals surface area contributed by atoms with Crippen molar-refractivity contribution < 1.29 is 4.79 Å². The second-order valence-corrected chi connectivity index (χ2v) is 6.91. The highest BCUT2D eigenvalue weighted by molar-refractivity contribution is 9.10. The summed E-state index contributed by atoms with van der Waals surface area (Å²) >= 11 is 5.18. The Bertz CT molecular complexity index is 593. The van der Waals surface area contributed by atoms with Gasteiger partial charge >= 0.3 is 0 Å². The zero-order valence-corrected chi connectivity index (χ0v) is 14.3. The smallest absolute Gasteiger partial charge is 0.254 e. The Morgan fingerprint density at radius 2 is 2.05 bits per heavy atom. The van der Waals surface area contributed by atoms with E-state index in [9.17, 15) is 4.79 Å². The van der Waals surface area contributed by atoms with E-state index in [-0.39, 0.29) is 11.9 Å². The Hall–Kier alpha value is -1.13. The lowest BCUT2D eigenvalue weighted by atomic mass is 10.1. The minimum Gasteiger partial charge on any atom is -0.331 e. The Kier molecular flexibility index (Phi) is 5.00. The van der Waals surface area contributed by atoms with E-state index in [1.165, 1.54) is 4.88 Å². The van der Waals surface area contributed by atoms with E-state index in [4.69, 9.17) is 0 Å². The number of hydrogen-bond acceptors (Lipinski definition) is 2. The summed E-state index contributed by atoms with van der Waals surface area (Å²) in [6, 6.07) is 10.0. The van der Waals surface area contributed by atoms with Crippen molar-refractivity contribution in [3.8, 4) is 0 Å². The standard InChI is InChI=1S/C16H18BrNOS/c1-11(2)18(10-13-6-5-9-20-13)16(19)14-7-4-8-15(17)12(14)3/h4-9,11H,10H2,1-3H3. The monoisotopic (exact) mass is 351 g/mol. The van der Waals surface area contributed by atoms with Crippen LogP contribution >= 0.6 is 27.3 Å². The number of rotatable bonds is 4. The van der Waals surface area contributed by atoms with Gasteiger partial charge in [-0.25, -0.2) is 0 Å². The number of thiophene rings is 1. The number of amides is 1. The zero-order chi connectivity index (χ0) is 14.7. The molecule has 2 rings (SSSR count). The topological polar surface area (TPSA) is 20.3 Å². The van der Waals surface area contributed by atoms with Gasteiger partial charge in [0.25, 0.3) is 5.91 Å². The van der Waals surface area contributed by atoms with Crippen LogP contribution < -0.4 is 0 Å². The van der Waals surface area contributed by atoms with Crippen LogP contribution in [0, 0.1) is 6.92 Å². The fourth-order valence-corrected chi connectivity index (χ4v) is 3.12. The minimum atomic E-state index is 0.0900. The van der Waals surface area contributed by atoms with Crippen molar-refractivity contribution in [2.75, 3.05) is 0 Å². The van der Waals surface area contributed by atoms with Crippen LogP contribution in [-0.4, -0.2) is 16.8 Å². The second kappa shape index (κ2) is 6.55. The molecular formula is C16H18BrNOS. The van der Waals surface area contributed by atoms with E-state index in [0.29, 0.717) is 6.54 Å². The van der Waals surface area contributed by atoms with Crippen LogP contribution in [0.4, 0.5) is 0 Å². The molecule has 0 unspecified atom stereocenters. The maximum Gasteiger partial charge on any atom is 0.254 e. The molecule has 2 aromatic rings. The van der Waals surface area contributed by atoms with Crippen LogP contribution in [0.15, 0.2) is 40.2 Å². The summed E-state index contributed by atoms with van der Waals surface area (Å²) in [5.74, 6) is 0.0900. The van der Waals surface area contributed by atoms with E-state index in [0.717, 1.165) is 15.6 Å². The van der Waals surface area contributed by atoms with Crippen LogP contribution in [0.5, 0.6) is 0 Å². The van der Waals surface area contributed by atoms with Gasteiger partial charge in [0.15, 0.2) is 0 Å². The highest BCUT2D eigenvalue weighted by Gasteiger charge is 2.21. The van der Waals surface area contributed by atoms with Crippen LogP contribution in [0.2, 0.25) is 0 Å². The molecule has 0 bridgehead atoms. The molecule has 0 aliphatic heterocycles. The second-order valence-electron chi connectivity index (χ2n) is 5.02. The third kappa shape index (κ3) is 3.30. The molecule has 0 atom stereocenters. The van der Waals surface area contributed by atoms with E-state index in [1.807, 2.05) is 41.5 Å². The lowest BCUT2D eigenvalue weighted by Crippen LogP contribution is -2.36. The highest BCUT2D eigenvalue weighted by atomic mass is 79.9. The summed E-state index contributed by atoms with van der Waals surface area (Å²) in [6.07, 6.45) is 0. The molecule has 1 aromatic carbocycles. The fraction of sp³-hybridized carbons (Fsp3) is 0.312. The molecule has 106 valence electrons. The molecule has 0 radical (unpaired) electrons. The first-order valence-electron chi connectivity index (χ1n) is 6.59. The fourth-order valence-electron chi connectivity index (χ4n) is 2.05. The van der Waals surface area contributed by atoms with E-state index in [2.05, 4.69) is 35.8 Å². The Labute approximate surface area is 132 Å². The van der Waals surface area contributed by atoms with Crippen molar-refractivity contribution in [3.05, 3.63) is 56.2 Å². The van der Waals surface area contributed by atoms with Crippen molar-refractivity contribution in [2.24, 2.45) is 0 Å². The molecule has 0 aliphatic rings. The molecule has 0 saturated carbocycles. The molecule has 4 heteroatoms. The first-order valence-corrected chi connectivity index (χ1v) is 8.26. The maximum atomic E-state index is 12.8. The van der Waals surface area contributed by atoms with Crippen LogP contribution in [0.3, 0.4) is 0 Å². The Morgan fingerprint density at radius 3 is 2.65 bits per heavy atom. The number of benzene rings is 1. The van der Waals surface area contributed by atoms with E-state index >= 15 is 0 Å². The maximum absolute atomic E-state index is 12.8. The SMILES string of the molecule is Cc1c(Br)cccc1C(=O)N(Cc1cccs1)C(C)C. The summed E-state index contributed by atoms with van der Waals surface area (Å²) in [6.45, 7) is 6.75. The first-order chi connectivity index (χ1) is 9.50. The summed E-state index contributed by atoms with van der Waals surface area (Å²) in [5, 5.41) is 2.04. The van der Waals surface area contributed by atoms with Crippen molar-refractivity contribution in [1.82, 2.24) is 4.90 Å². The van der Waals surface area contributed by atoms with Gasteiger partial charge in [-0.05, 0) is 49.9 Å². The number of carbonyl (C=O) groups is 1. The average molecular weight is 352 g/mol. The minimum absolute atomic E-state index is 0.0900. The third-order valence-electron chi connectivity index (χ3n) is 3.29. The van der Waals surface area contributed by atoms with Gasteiger partial charge in [-0.1, -0.05) is 28.1 Å². The molecule has 1 heterocycles. The van der Waals surface area contributed by atoms with Gasteiger partial charge in [0.1, 0.15) is 0 Å². The summed E-state index contributed by atoms with van der Waals surface area (Å²) in [4.78, 5) is 15.9. The molecule has 0 spiro atoms. The van der Waals surface area contributed by atoms with Crippen LogP contribution in [0.1, 0.15) is 34.6 Å². The molecule has 20 heavy (non-hydrogen) atoms. The van der Waals surface area contributed by atoms with Crippen molar-refractivity contribution in [3.63, 3.8) is 0 Å². The van der Waals surface area contributed by atoms with Crippen molar-refractivity contribution >= 4 is 33.2 Å². The van der Waals surface area contributed by atoms with Crippen LogP contribution in [-0.2, 0) is 6.54 Å². The number of hydrogen-bond donors (Lipinski definition) is 0. The molecule has 0 N–H and O–H groups in total. The number of nitrogens with zero attached hydrogens (tertiary/aromatic N) is 1. The number of carbonyl (C=O) groups excluding carboxylic acids is 1. The van der Waals surface area contributed by atoms with Crippen molar-refractivity contribution in [2.45, 2.75) is 33.4 Å². The lowest BCUT2D eigenvalue weighted by Gasteiger charge is -2.27. The van der Waals surface area contributed by atoms with Crippen molar-refractivity contribution in [1.29, 1.82) is 0 Å². The Balaban J connectivity index is 2.29. The lowest BCUT2D eigenvalue weighted by molar-refractivity contribution is 0.0691. The summed E-state index contributed by atoms with van der Waals surface area (Å²) in [7, 11) is 0. The third-order valence-corrected chi connectivity index (χ3v) is 5.01. The molecule has 0 saturated heterocycles. The van der Waals surface area contributed by atoms with E-state index < -0.39 is 0 Å². The van der Waals surface area contributed by atoms with Gasteiger partial charge in [-0.15, -0.1) is 11.3 Å². The predicted molar refractivity (Wildman–Crippen MR) is 88.2 cm³/mol. The average Bonchev–Trinajstić information content (AvgIpc) is 2.91. The zero-order valence-electron chi connectivity index (χ0n) is 11.9. The van der Waals surface area contributed by atoms with E-state index in [1.54, 1.807) is 11.3 Å².